The lowest BCUT2D eigenvalue weighted by Crippen LogP contribution is -2.35. The molecule has 2 rings (SSSR count). The highest BCUT2D eigenvalue weighted by atomic mass is 16.5. The minimum absolute atomic E-state index is 0.221. The van der Waals surface area contributed by atoms with Crippen LogP contribution in [0.25, 0.3) is 0 Å². The molecule has 1 aromatic rings. The summed E-state index contributed by atoms with van der Waals surface area (Å²) in [6.07, 6.45) is 1.28. The Hall–Kier alpha value is -1.10. The molecule has 1 heterocycles. The third-order valence-corrected chi connectivity index (χ3v) is 4.37. The number of nitrogens with two attached hydrogens (primary N) is 1. The van der Waals surface area contributed by atoms with Crippen LogP contribution in [0.1, 0.15) is 24.9 Å². The molecule has 1 fully saturated rings. The minimum atomic E-state index is 0.221. The highest BCUT2D eigenvalue weighted by Crippen LogP contribution is 2.29. The number of hydrogen-bond donors (Lipinski definition) is 1. The van der Waals surface area contributed by atoms with Crippen molar-refractivity contribution in [3.8, 4) is 5.75 Å². The van der Waals surface area contributed by atoms with Crippen LogP contribution in [-0.4, -0.2) is 56.7 Å². The maximum atomic E-state index is 6.06. The summed E-state index contributed by atoms with van der Waals surface area (Å²) in [6, 6.07) is 8.49. The molecular formula is C17H29N3O. The van der Waals surface area contributed by atoms with Gasteiger partial charge in [-0.25, -0.2) is 0 Å². The van der Waals surface area contributed by atoms with E-state index >= 15 is 0 Å². The molecule has 0 radical (unpaired) electrons. The van der Waals surface area contributed by atoms with E-state index in [1.807, 2.05) is 19.1 Å². The van der Waals surface area contributed by atoms with Crippen LogP contribution in [0.3, 0.4) is 0 Å². The van der Waals surface area contributed by atoms with Gasteiger partial charge in [-0.1, -0.05) is 18.2 Å². The second kappa shape index (κ2) is 7.78. The van der Waals surface area contributed by atoms with E-state index in [9.17, 15) is 0 Å². The number of rotatable bonds is 7. The van der Waals surface area contributed by atoms with E-state index in [0.717, 1.165) is 18.2 Å². The van der Waals surface area contributed by atoms with Crippen LogP contribution in [0.4, 0.5) is 0 Å². The van der Waals surface area contributed by atoms with Gasteiger partial charge in [-0.2, -0.15) is 0 Å². The van der Waals surface area contributed by atoms with Crippen molar-refractivity contribution in [2.24, 2.45) is 11.7 Å². The molecule has 0 aliphatic carbocycles. The van der Waals surface area contributed by atoms with Crippen LogP contribution >= 0.6 is 0 Å². The van der Waals surface area contributed by atoms with E-state index < -0.39 is 0 Å². The molecule has 0 spiro atoms. The average Bonchev–Trinajstić information content (AvgIpc) is 2.87. The van der Waals surface area contributed by atoms with Crippen LogP contribution in [0, 0.1) is 5.92 Å². The van der Waals surface area contributed by atoms with Crippen molar-refractivity contribution in [2.45, 2.75) is 19.4 Å². The van der Waals surface area contributed by atoms with Crippen molar-refractivity contribution in [3.63, 3.8) is 0 Å². The summed E-state index contributed by atoms with van der Waals surface area (Å²) in [6.45, 7) is 6.81. The highest BCUT2D eigenvalue weighted by Gasteiger charge is 2.25. The van der Waals surface area contributed by atoms with E-state index in [0.29, 0.717) is 13.2 Å². The molecule has 1 saturated heterocycles. The number of hydrogen-bond acceptors (Lipinski definition) is 4. The molecule has 1 aliphatic heterocycles. The monoisotopic (exact) mass is 291 g/mol. The fourth-order valence-corrected chi connectivity index (χ4v) is 3.30. The molecule has 0 aromatic heterocycles. The standard InChI is InChI=1S/C17H29N3O/c1-4-21-17-8-6-5-7-15(17)16(11-18)20(3)13-14-9-10-19(2)12-14/h5-8,14,16H,4,9-13,18H2,1-3H3. The Labute approximate surface area is 128 Å². The first-order chi connectivity index (χ1) is 10.2. The molecule has 1 aliphatic rings. The number of nitrogens with zero attached hydrogens (tertiary/aromatic N) is 2. The van der Waals surface area contributed by atoms with Gasteiger partial charge in [0.25, 0.3) is 0 Å². The van der Waals surface area contributed by atoms with Crippen LogP contribution < -0.4 is 10.5 Å². The highest BCUT2D eigenvalue weighted by molar-refractivity contribution is 5.36. The van der Waals surface area contributed by atoms with Gasteiger partial charge in [0.1, 0.15) is 5.75 Å². The van der Waals surface area contributed by atoms with E-state index in [-0.39, 0.29) is 6.04 Å². The molecule has 118 valence electrons. The maximum Gasteiger partial charge on any atom is 0.124 e. The Morgan fingerprint density at radius 3 is 2.81 bits per heavy atom. The Bertz CT molecular complexity index is 438. The predicted molar refractivity (Wildman–Crippen MR) is 87.6 cm³/mol. The zero-order valence-electron chi connectivity index (χ0n) is 13.6. The quantitative estimate of drug-likeness (QED) is 0.834. The van der Waals surface area contributed by atoms with Gasteiger partial charge in [0.05, 0.1) is 12.6 Å². The minimum Gasteiger partial charge on any atom is -0.494 e. The average molecular weight is 291 g/mol. The molecule has 2 N–H and O–H groups in total. The molecule has 4 nitrogen and oxygen atoms in total. The van der Waals surface area contributed by atoms with Gasteiger partial charge in [0.15, 0.2) is 0 Å². The van der Waals surface area contributed by atoms with Crippen molar-refractivity contribution >= 4 is 0 Å². The number of para-hydroxylation sites is 1. The summed E-state index contributed by atoms with van der Waals surface area (Å²) < 4.78 is 5.77. The summed E-state index contributed by atoms with van der Waals surface area (Å²) in [7, 11) is 4.38. The van der Waals surface area contributed by atoms with Crippen LogP contribution in [-0.2, 0) is 0 Å². The molecule has 21 heavy (non-hydrogen) atoms. The lowest BCUT2D eigenvalue weighted by Gasteiger charge is -2.30. The molecule has 1 aromatic carbocycles. The summed E-state index contributed by atoms with van der Waals surface area (Å²) in [5, 5.41) is 0. The zero-order valence-corrected chi connectivity index (χ0v) is 13.6. The molecule has 0 saturated carbocycles. The lowest BCUT2D eigenvalue weighted by atomic mass is 10.0. The van der Waals surface area contributed by atoms with E-state index in [1.165, 1.54) is 25.1 Å². The number of likely N-dealkylation sites (N-methyl/N-ethyl adjacent to an activating group) is 1. The Kier molecular flexibility index (Phi) is 6.03. The largest absolute Gasteiger partial charge is 0.494 e. The van der Waals surface area contributed by atoms with Gasteiger partial charge < -0.3 is 15.4 Å². The molecule has 4 heteroatoms. The van der Waals surface area contributed by atoms with Crippen LogP contribution in [0.5, 0.6) is 5.75 Å². The van der Waals surface area contributed by atoms with Gasteiger partial charge in [-0.15, -0.1) is 0 Å². The lowest BCUT2D eigenvalue weighted by molar-refractivity contribution is 0.206. The Balaban J connectivity index is 2.07. The SMILES string of the molecule is CCOc1ccccc1C(CN)N(C)CC1CCN(C)C1. The summed E-state index contributed by atoms with van der Waals surface area (Å²) in [5.41, 5.74) is 7.27. The zero-order chi connectivity index (χ0) is 15.2. The summed E-state index contributed by atoms with van der Waals surface area (Å²) in [5.74, 6) is 1.71. The third-order valence-electron chi connectivity index (χ3n) is 4.37. The summed E-state index contributed by atoms with van der Waals surface area (Å²) >= 11 is 0. The molecule has 2 unspecified atom stereocenters. The van der Waals surface area contributed by atoms with Gasteiger partial charge in [0, 0.05) is 25.2 Å². The van der Waals surface area contributed by atoms with Crippen molar-refractivity contribution in [1.82, 2.24) is 9.80 Å². The van der Waals surface area contributed by atoms with Crippen molar-refractivity contribution in [3.05, 3.63) is 29.8 Å². The second-order valence-corrected chi connectivity index (χ2v) is 6.08. The fraction of sp³-hybridized carbons (Fsp3) is 0.647. The van der Waals surface area contributed by atoms with Gasteiger partial charge in [-0.05, 0) is 46.0 Å². The first kappa shape index (κ1) is 16.3. The first-order valence-electron chi connectivity index (χ1n) is 7.96. The molecular weight excluding hydrogens is 262 g/mol. The molecule has 0 bridgehead atoms. The van der Waals surface area contributed by atoms with Crippen LogP contribution in [0.2, 0.25) is 0 Å². The normalized spacial score (nSPS) is 20.9. The van der Waals surface area contributed by atoms with Crippen LogP contribution in [0.15, 0.2) is 24.3 Å². The predicted octanol–water partition coefficient (Wildman–Crippen LogP) is 1.97. The number of ether oxygens (including phenoxy) is 1. The Morgan fingerprint density at radius 2 is 2.19 bits per heavy atom. The number of likely N-dealkylation sites (tertiary alicyclic amines) is 1. The first-order valence-corrected chi connectivity index (χ1v) is 7.96. The molecule has 2 atom stereocenters. The summed E-state index contributed by atoms with van der Waals surface area (Å²) in [4.78, 5) is 4.80. The van der Waals surface area contributed by atoms with E-state index in [1.54, 1.807) is 0 Å². The smallest absolute Gasteiger partial charge is 0.124 e. The van der Waals surface area contributed by atoms with Crippen molar-refractivity contribution in [1.29, 1.82) is 0 Å². The van der Waals surface area contributed by atoms with E-state index in [2.05, 4.69) is 36.0 Å². The Morgan fingerprint density at radius 1 is 1.43 bits per heavy atom. The van der Waals surface area contributed by atoms with Gasteiger partial charge in [0.2, 0.25) is 0 Å². The number of benzene rings is 1. The molecule has 0 amide bonds. The second-order valence-electron chi connectivity index (χ2n) is 6.08. The maximum absolute atomic E-state index is 6.06. The van der Waals surface area contributed by atoms with Gasteiger partial charge >= 0.3 is 0 Å². The van der Waals surface area contributed by atoms with E-state index in [4.69, 9.17) is 10.5 Å². The van der Waals surface area contributed by atoms with Crippen molar-refractivity contribution in [2.75, 3.05) is 46.9 Å². The topological polar surface area (TPSA) is 41.7 Å². The fourth-order valence-electron chi connectivity index (χ4n) is 3.30. The van der Waals surface area contributed by atoms with Gasteiger partial charge in [-0.3, -0.25) is 4.90 Å². The van der Waals surface area contributed by atoms with Crippen molar-refractivity contribution < 1.29 is 4.74 Å². The third kappa shape index (κ3) is 4.19.